The van der Waals surface area contributed by atoms with Crippen LogP contribution in [0.15, 0.2) is 24.3 Å². The van der Waals surface area contributed by atoms with Crippen LogP contribution in [0.5, 0.6) is 0 Å². The van der Waals surface area contributed by atoms with E-state index >= 15 is 0 Å². The molecule has 98 valence electrons. The van der Waals surface area contributed by atoms with Crippen LogP contribution in [0.1, 0.15) is 29.8 Å². The van der Waals surface area contributed by atoms with Gasteiger partial charge in [0.2, 0.25) is 0 Å². The molecule has 1 aromatic rings. The van der Waals surface area contributed by atoms with Crippen LogP contribution in [0.2, 0.25) is 0 Å². The smallest absolute Gasteiger partial charge is 0.254 e. The van der Waals surface area contributed by atoms with Gasteiger partial charge in [0.15, 0.2) is 0 Å². The first-order valence-corrected chi connectivity index (χ1v) is 6.24. The zero-order valence-electron chi connectivity index (χ0n) is 11.0. The van der Waals surface area contributed by atoms with Crippen LogP contribution in [0.3, 0.4) is 0 Å². The van der Waals surface area contributed by atoms with Crippen molar-refractivity contribution in [1.29, 1.82) is 0 Å². The molecule has 0 saturated carbocycles. The van der Waals surface area contributed by atoms with Gasteiger partial charge >= 0.3 is 0 Å². The van der Waals surface area contributed by atoms with Crippen molar-refractivity contribution in [3.8, 4) is 0 Å². The number of hydrogen-bond acceptors (Lipinski definition) is 3. The Kier molecular flexibility index (Phi) is 3.68. The highest BCUT2D eigenvalue weighted by atomic mass is 16.5. The zero-order chi connectivity index (χ0) is 13.2. The molecule has 2 rings (SSSR count). The molecule has 1 heterocycles. The van der Waals surface area contributed by atoms with Gasteiger partial charge < -0.3 is 15.4 Å². The molecule has 1 aromatic carbocycles. The molecule has 0 spiro atoms. The molecule has 1 aliphatic heterocycles. The van der Waals surface area contributed by atoms with E-state index in [1.807, 2.05) is 43.0 Å². The number of benzene rings is 1. The van der Waals surface area contributed by atoms with Crippen molar-refractivity contribution in [3.05, 3.63) is 35.4 Å². The normalized spacial score (nSPS) is 18.7. The predicted molar refractivity (Wildman–Crippen MR) is 70.3 cm³/mol. The van der Waals surface area contributed by atoms with Crippen LogP contribution in [-0.4, -0.2) is 36.1 Å². The third-order valence-corrected chi connectivity index (χ3v) is 3.12. The maximum Gasteiger partial charge on any atom is 0.254 e. The lowest BCUT2D eigenvalue weighted by atomic mass is 10.1. The van der Waals surface area contributed by atoms with E-state index in [0.717, 1.165) is 5.56 Å². The molecule has 2 N–H and O–H groups in total. The van der Waals surface area contributed by atoms with Crippen molar-refractivity contribution in [2.45, 2.75) is 26.0 Å². The fourth-order valence-electron chi connectivity index (χ4n) is 2.20. The van der Waals surface area contributed by atoms with Gasteiger partial charge in [0, 0.05) is 25.2 Å². The van der Waals surface area contributed by atoms with E-state index < -0.39 is 0 Å². The van der Waals surface area contributed by atoms with Crippen LogP contribution in [-0.2, 0) is 11.3 Å². The summed E-state index contributed by atoms with van der Waals surface area (Å²) in [6.07, 6.45) is 0. The third-order valence-electron chi connectivity index (χ3n) is 3.12. The summed E-state index contributed by atoms with van der Waals surface area (Å²) in [6, 6.07) is 7.51. The Balaban J connectivity index is 2.15. The highest BCUT2D eigenvalue weighted by Gasteiger charge is 2.30. The average Bonchev–Trinajstić information content (AvgIpc) is 2.37. The molecular formula is C14H20N2O2. The first kappa shape index (κ1) is 13.1. The van der Waals surface area contributed by atoms with E-state index in [2.05, 4.69) is 0 Å². The maximum atomic E-state index is 12.4. The summed E-state index contributed by atoms with van der Waals surface area (Å²) in [5, 5.41) is 0. The second-order valence-corrected chi connectivity index (χ2v) is 5.24. The molecule has 0 aliphatic carbocycles. The van der Waals surface area contributed by atoms with Crippen molar-refractivity contribution in [2.24, 2.45) is 5.73 Å². The summed E-state index contributed by atoms with van der Waals surface area (Å²) in [4.78, 5) is 14.2. The van der Waals surface area contributed by atoms with Crippen LogP contribution in [0, 0.1) is 0 Å². The van der Waals surface area contributed by atoms with Crippen molar-refractivity contribution < 1.29 is 9.53 Å². The summed E-state index contributed by atoms with van der Waals surface area (Å²) in [5.74, 6) is 0.0571. The number of carbonyl (C=O) groups is 1. The van der Waals surface area contributed by atoms with Crippen molar-refractivity contribution in [1.82, 2.24) is 4.90 Å². The zero-order valence-corrected chi connectivity index (χ0v) is 11.0. The standard InChI is InChI=1S/C14H20N2O2/c1-14(2)10-16(6-7-18-14)13(17)12-5-3-4-11(8-12)9-15/h3-5,8H,6-7,9-10,15H2,1-2H3. The Morgan fingerprint density at radius 2 is 2.28 bits per heavy atom. The molecule has 4 nitrogen and oxygen atoms in total. The number of amides is 1. The Morgan fingerprint density at radius 1 is 1.50 bits per heavy atom. The first-order chi connectivity index (χ1) is 8.52. The summed E-state index contributed by atoms with van der Waals surface area (Å²) >= 11 is 0. The van der Waals surface area contributed by atoms with Crippen molar-refractivity contribution >= 4 is 5.91 Å². The summed E-state index contributed by atoms with van der Waals surface area (Å²) < 4.78 is 5.61. The molecule has 0 radical (unpaired) electrons. The summed E-state index contributed by atoms with van der Waals surface area (Å²) in [6.45, 7) is 6.32. The predicted octanol–water partition coefficient (Wildman–Crippen LogP) is 1.40. The van der Waals surface area contributed by atoms with Gasteiger partial charge in [-0.25, -0.2) is 0 Å². The van der Waals surface area contributed by atoms with Gasteiger partial charge in [-0.15, -0.1) is 0 Å². The number of rotatable bonds is 2. The molecule has 1 amide bonds. The highest BCUT2D eigenvalue weighted by molar-refractivity contribution is 5.94. The second kappa shape index (κ2) is 5.08. The van der Waals surface area contributed by atoms with Crippen LogP contribution in [0.4, 0.5) is 0 Å². The van der Waals surface area contributed by atoms with Gasteiger partial charge in [-0.3, -0.25) is 4.79 Å². The molecule has 4 heteroatoms. The number of morpholine rings is 1. The van der Waals surface area contributed by atoms with E-state index in [1.54, 1.807) is 0 Å². The van der Waals surface area contributed by atoms with E-state index in [9.17, 15) is 4.79 Å². The van der Waals surface area contributed by atoms with Gasteiger partial charge in [-0.2, -0.15) is 0 Å². The van der Waals surface area contributed by atoms with Crippen molar-refractivity contribution in [2.75, 3.05) is 19.7 Å². The third kappa shape index (κ3) is 2.89. The van der Waals surface area contributed by atoms with Gasteiger partial charge in [-0.1, -0.05) is 12.1 Å². The van der Waals surface area contributed by atoms with E-state index in [-0.39, 0.29) is 11.5 Å². The molecule has 0 unspecified atom stereocenters. The minimum Gasteiger partial charge on any atom is -0.372 e. The second-order valence-electron chi connectivity index (χ2n) is 5.24. The molecule has 1 aliphatic rings. The Morgan fingerprint density at radius 3 is 2.94 bits per heavy atom. The lowest BCUT2D eigenvalue weighted by Crippen LogP contribution is -2.50. The van der Waals surface area contributed by atoms with E-state index in [4.69, 9.17) is 10.5 Å². The minimum atomic E-state index is -0.264. The van der Waals surface area contributed by atoms with Crippen LogP contribution < -0.4 is 5.73 Å². The lowest BCUT2D eigenvalue weighted by Gasteiger charge is -2.38. The minimum absolute atomic E-state index is 0.0571. The van der Waals surface area contributed by atoms with Crippen LogP contribution >= 0.6 is 0 Å². The fraction of sp³-hybridized carbons (Fsp3) is 0.500. The Labute approximate surface area is 108 Å². The number of nitrogens with two attached hydrogens (primary N) is 1. The van der Waals surface area contributed by atoms with E-state index in [1.165, 1.54) is 0 Å². The van der Waals surface area contributed by atoms with Crippen molar-refractivity contribution in [3.63, 3.8) is 0 Å². The Bertz CT molecular complexity index is 443. The SMILES string of the molecule is CC1(C)CN(C(=O)c2cccc(CN)c2)CCO1. The number of carbonyl (C=O) groups excluding carboxylic acids is 1. The molecule has 0 aromatic heterocycles. The molecular weight excluding hydrogens is 228 g/mol. The van der Waals surface area contributed by atoms with Gasteiger partial charge in [0.25, 0.3) is 5.91 Å². The summed E-state index contributed by atoms with van der Waals surface area (Å²) in [5.41, 5.74) is 7.02. The number of nitrogens with zero attached hydrogens (tertiary/aromatic N) is 1. The molecule has 1 saturated heterocycles. The number of ether oxygens (including phenoxy) is 1. The quantitative estimate of drug-likeness (QED) is 0.860. The van der Waals surface area contributed by atoms with E-state index in [0.29, 0.717) is 31.8 Å². The monoisotopic (exact) mass is 248 g/mol. The van der Waals surface area contributed by atoms with Crippen LogP contribution in [0.25, 0.3) is 0 Å². The Hall–Kier alpha value is -1.39. The largest absolute Gasteiger partial charge is 0.372 e. The molecule has 18 heavy (non-hydrogen) atoms. The van der Waals surface area contributed by atoms with Gasteiger partial charge in [0.1, 0.15) is 0 Å². The molecule has 0 bridgehead atoms. The van der Waals surface area contributed by atoms with Gasteiger partial charge in [-0.05, 0) is 31.5 Å². The number of hydrogen-bond donors (Lipinski definition) is 1. The molecule has 1 fully saturated rings. The van der Waals surface area contributed by atoms with Gasteiger partial charge in [0.05, 0.1) is 12.2 Å². The topological polar surface area (TPSA) is 55.6 Å². The fourth-order valence-corrected chi connectivity index (χ4v) is 2.20. The first-order valence-electron chi connectivity index (χ1n) is 6.24. The highest BCUT2D eigenvalue weighted by Crippen LogP contribution is 2.18. The average molecular weight is 248 g/mol. The summed E-state index contributed by atoms with van der Waals surface area (Å²) in [7, 11) is 0. The molecule has 0 atom stereocenters. The maximum absolute atomic E-state index is 12.4. The lowest BCUT2D eigenvalue weighted by molar-refractivity contribution is -0.0764.